The Hall–Kier alpha value is -1.47. The van der Waals surface area contributed by atoms with Crippen molar-refractivity contribution in [2.75, 3.05) is 5.75 Å². The second-order valence-electron chi connectivity index (χ2n) is 10.3. The standard InChI is InChI=1S/C24H31FO5S/c1-13-9-18-17-6-5-15-10-16(27)7-8-21(15,3)23(17,25)19(28)11-22(18,4)24(13,20(29)12-31)30-14(2)26/h7-8,10,13,17-19,28,31H,5-6,9,11-12H2,1-4H3/t13-,17-,18-,19-,21-,22-,23-,24-/m0/s1. The highest BCUT2D eigenvalue weighted by Gasteiger charge is 2.76. The quantitative estimate of drug-likeness (QED) is 0.509. The van der Waals surface area contributed by atoms with Crippen LogP contribution in [0.15, 0.2) is 23.8 Å². The van der Waals surface area contributed by atoms with Crippen LogP contribution in [0.3, 0.4) is 0 Å². The molecule has 7 heteroatoms. The van der Waals surface area contributed by atoms with Crippen LogP contribution in [0.4, 0.5) is 4.39 Å². The van der Waals surface area contributed by atoms with E-state index < -0.39 is 40.1 Å². The Morgan fingerprint density at radius 3 is 2.61 bits per heavy atom. The second kappa shape index (κ2) is 7.01. The molecular weight excluding hydrogens is 419 g/mol. The van der Waals surface area contributed by atoms with E-state index in [1.807, 2.05) is 13.8 Å². The number of Topliss-reactive ketones (excluding diaryl/α,β-unsaturated/α-hetero) is 1. The fourth-order valence-corrected chi connectivity index (χ4v) is 7.98. The molecule has 8 atom stereocenters. The van der Waals surface area contributed by atoms with E-state index in [2.05, 4.69) is 12.6 Å². The Bertz CT molecular complexity index is 914. The summed E-state index contributed by atoms with van der Waals surface area (Å²) in [7, 11) is 0. The van der Waals surface area contributed by atoms with Crippen molar-refractivity contribution in [3.63, 3.8) is 0 Å². The Labute approximate surface area is 187 Å². The number of ether oxygens (including phenoxy) is 1. The van der Waals surface area contributed by atoms with E-state index in [-0.39, 0.29) is 35.6 Å². The number of carbonyl (C=O) groups excluding carboxylic acids is 3. The molecule has 170 valence electrons. The number of carbonyl (C=O) groups is 3. The third-order valence-electron chi connectivity index (χ3n) is 9.04. The second-order valence-corrected chi connectivity index (χ2v) is 10.6. The predicted molar refractivity (Wildman–Crippen MR) is 116 cm³/mol. The molecule has 0 bridgehead atoms. The van der Waals surface area contributed by atoms with Gasteiger partial charge >= 0.3 is 5.97 Å². The number of allylic oxidation sites excluding steroid dienone is 4. The van der Waals surface area contributed by atoms with Gasteiger partial charge in [-0.2, -0.15) is 12.6 Å². The first-order chi connectivity index (χ1) is 14.4. The molecule has 0 heterocycles. The molecule has 0 spiro atoms. The molecule has 0 aromatic heterocycles. The van der Waals surface area contributed by atoms with Gasteiger partial charge in [0.2, 0.25) is 0 Å². The highest BCUT2D eigenvalue weighted by atomic mass is 32.1. The zero-order chi connectivity index (χ0) is 23.0. The summed E-state index contributed by atoms with van der Waals surface area (Å²) in [5.74, 6) is -2.24. The largest absolute Gasteiger partial charge is 0.450 e. The maximum atomic E-state index is 17.1. The van der Waals surface area contributed by atoms with E-state index in [0.29, 0.717) is 24.8 Å². The van der Waals surface area contributed by atoms with Crippen molar-refractivity contribution < 1.29 is 28.6 Å². The van der Waals surface area contributed by atoms with Gasteiger partial charge in [-0.3, -0.25) is 14.4 Å². The first-order valence-electron chi connectivity index (χ1n) is 11.0. The minimum absolute atomic E-state index is 0.00748. The summed E-state index contributed by atoms with van der Waals surface area (Å²) in [6, 6.07) is 0. The van der Waals surface area contributed by atoms with Crippen molar-refractivity contribution >= 4 is 30.2 Å². The fourth-order valence-electron chi connectivity index (χ4n) is 7.74. The van der Waals surface area contributed by atoms with Crippen LogP contribution in [0.5, 0.6) is 0 Å². The number of hydrogen-bond acceptors (Lipinski definition) is 6. The van der Waals surface area contributed by atoms with E-state index >= 15 is 4.39 Å². The van der Waals surface area contributed by atoms with Gasteiger partial charge in [0.15, 0.2) is 22.8 Å². The van der Waals surface area contributed by atoms with Gasteiger partial charge in [-0.15, -0.1) is 0 Å². The third-order valence-corrected chi connectivity index (χ3v) is 9.33. The van der Waals surface area contributed by atoms with Gasteiger partial charge in [-0.05, 0) is 50.7 Å². The Morgan fingerprint density at radius 2 is 2.00 bits per heavy atom. The molecule has 0 aromatic carbocycles. The number of ketones is 2. The van der Waals surface area contributed by atoms with E-state index in [9.17, 15) is 19.5 Å². The summed E-state index contributed by atoms with van der Waals surface area (Å²) < 4.78 is 22.9. The monoisotopic (exact) mass is 450 g/mol. The van der Waals surface area contributed by atoms with Gasteiger partial charge in [-0.25, -0.2) is 4.39 Å². The van der Waals surface area contributed by atoms with Crippen molar-refractivity contribution in [1.29, 1.82) is 0 Å². The molecule has 0 aliphatic heterocycles. The summed E-state index contributed by atoms with van der Waals surface area (Å²) in [5, 5.41) is 11.4. The predicted octanol–water partition coefficient (Wildman–Crippen LogP) is 3.40. The van der Waals surface area contributed by atoms with Gasteiger partial charge in [0.1, 0.15) is 0 Å². The van der Waals surface area contributed by atoms with Gasteiger partial charge in [0, 0.05) is 29.6 Å². The van der Waals surface area contributed by atoms with Crippen molar-refractivity contribution in [3.8, 4) is 0 Å². The molecular formula is C24H31FO5S. The van der Waals surface area contributed by atoms with E-state index in [1.165, 1.54) is 19.1 Å². The zero-order valence-electron chi connectivity index (χ0n) is 18.5. The van der Waals surface area contributed by atoms with E-state index in [4.69, 9.17) is 4.74 Å². The number of aliphatic hydroxyl groups excluding tert-OH is 1. The van der Waals surface area contributed by atoms with Crippen LogP contribution in [0.25, 0.3) is 0 Å². The molecule has 0 amide bonds. The van der Waals surface area contributed by atoms with Gasteiger partial charge in [-0.1, -0.05) is 25.5 Å². The lowest BCUT2D eigenvalue weighted by molar-refractivity contribution is -0.226. The lowest BCUT2D eigenvalue weighted by Gasteiger charge is -2.62. The molecule has 4 aliphatic rings. The lowest BCUT2D eigenvalue weighted by Crippen LogP contribution is -2.70. The average Bonchev–Trinajstić information content (AvgIpc) is 2.90. The number of aliphatic hydroxyl groups is 1. The topological polar surface area (TPSA) is 80.7 Å². The van der Waals surface area contributed by atoms with Crippen LogP contribution < -0.4 is 0 Å². The Kier molecular flexibility index (Phi) is 5.14. The number of hydrogen-bond donors (Lipinski definition) is 2. The number of esters is 1. The van der Waals surface area contributed by atoms with Crippen molar-refractivity contribution in [1.82, 2.24) is 0 Å². The van der Waals surface area contributed by atoms with Crippen LogP contribution in [0.2, 0.25) is 0 Å². The molecule has 0 radical (unpaired) electrons. The number of thiol groups is 1. The highest BCUT2D eigenvalue weighted by Crippen LogP contribution is 2.71. The molecule has 5 nitrogen and oxygen atoms in total. The Morgan fingerprint density at radius 1 is 1.32 bits per heavy atom. The molecule has 4 rings (SSSR count). The van der Waals surface area contributed by atoms with Crippen LogP contribution in [-0.4, -0.2) is 45.8 Å². The summed E-state index contributed by atoms with van der Waals surface area (Å²) in [4.78, 5) is 37.3. The highest BCUT2D eigenvalue weighted by molar-refractivity contribution is 7.81. The number of fused-ring (bicyclic) bond motifs is 5. The smallest absolute Gasteiger partial charge is 0.303 e. The zero-order valence-corrected chi connectivity index (χ0v) is 19.4. The van der Waals surface area contributed by atoms with Crippen molar-refractivity contribution in [2.24, 2.45) is 28.6 Å². The Balaban J connectivity index is 1.86. The minimum Gasteiger partial charge on any atom is -0.450 e. The van der Waals surface area contributed by atoms with Gasteiger partial charge < -0.3 is 9.84 Å². The van der Waals surface area contributed by atoms with Gasteiger partial charge in [0.05, 0.1) is 11.9 Å². The van der Waals surface area contributed by atoms with E-state index in [0.717, 1.165) is 0 Å². The lowest BCUT2D eigenvalue weighted by atomic mass is 9.44. The van der Waals surface area contributed by atoms with Gasteiger partial charge in [0.25, 0.3) is 0 Å². The van der Waals surface area contributed by atoms with Crippen LogP contribution in [0.1, 0.15) is 53.4 Å². The maximum Gasteiger partial charge on any atom is 0.303 e. The minimum atomic E-state index is -1.98. The maximum absolute atomic E-state index is 17.1. The summed E-state index contributed by atoms with van der Waals surface area (Å²) >= 11 is 4.19. The normalized spacial score (nSPS) is 48.4. The van der Waals surface area contributed by atoms with Crippen LogP contribution in [0, 0.1) is 28.6 Å². The van der Waals surface area contributed by atoms with Crippen molar-refractivity contribution in [3.05, 3.63) is 23.8 Å². The third kappa shape index (κ3) is 2.62. The molecule has 4 aliphatic carbocycles. The molecule has 0 aromatic rings. The molecule has 3 saturated carbocycles. The first-order valence-corrected chi connectivity index (χ1v) is 11.7. The number of rotatable bonds is 3. The van der Waals surface area contributed by atoms with E-state index in [1.54, 1.807) is 13.0 Å². The molecule has 3 fully saturated rings. The molecule has 0 unspecified atom stereocenters. The SMILES string of the molecule is CC(=O)O[C@]1(C(=O)CS)[C@@H](C)C[C@H]2[C@@H]3CCC4=CC(=O)C=C[C@]4(C)[C@@]3(F)[C@@H](O)C[C@@]21C. The number of halogens is 1. The van der Waals surface area contributed by atoms with Crippen molar-refractivity contribution in [2.45, 2.75) is 70.8 Å². The number of alkyl halides is 1. The first kappa shape index (κ1) is 22.7. The summed E-state index contributed by atoms with van der Waals surface area (Å²) in [6.45, 7) is 6.77. The summed E-state index contributed by atoms with van der Waals surface area (Å²) in [5.41, 5.74) is -4.71. The van der Waals surface area contributed by atoms with Crippen LogP contribution in [-0.2, 0) is 19.1 Å². The summed E-state index contributed by atoms with van der Waals surface area (Å²) in [6.07, 6.45) is 4.65. The van der Waals surface area contributed by atoms with Crippen LogP contribution >= 0.6 is 12.6 Å². The average molecular weight is 451 g/mol. The fraction of sp³-hybridized carbons (Fsp3) is 0.708. The molecule has 1 N–H and O–H groups in total. The molecule has 0 saturated heterocycles. The molecule has 31 heavy (non-hydrogen) atoms.